The summed E-state index contributed by atoms with van der Waals surface area (Å²) in [5.74, 6) is -0.765. The van der Waals surface area contributed by atoms with Crippen molar-refractivity contribution < 1.29 is 18.7 Å². The van der Waals surface area contributed by atoms with Crippen LogP contribution in [0.3, 0.4) is 0 Å². The molecule has 0 aliphatic carbocycles. The van der Waals surface area contributed by atoms with E-state index in [0.717, 1.165) is 13.1 Å². The molecule has 2 amide bonds. The number of carbonyl (C=O) groups is 2. The minimum atomic E-state index is -0.353. The lowest BCUT2D eigenvalue weighted by Crippen LogP contribution is -2.41. The third-order valence-electron chi connectivity index (χ3n) is 4.18. The van der Waals surface area contributed by atoms with Gasteiger partial charge in [0.05, 0.1) is 19.8 Å². The lowest BCUT2D eigenvalue weighted by atomic mass is 10.2. The third-order valence-corrected chi connectivity index (χ3v) is 4.18. The average Bonchev–Trinajstić information content (AvgIpc) is 2.69. The van der Waals surface area contributed by atoms with E-state index in [2.05, 4.69) is 10.6 Å². The SMILES string of the molecule is O=C(/C=C/c1cccc(F)c1)Nc1ccc(NC(=O)CN2CCOCC2)cc1. The van der Waals surface area contributed by atoms with Crippen molar-refractivity contribution in [1.29, 1.82) is 0 Å². The molecule has 0 atom stereocenters. The molecule has 3 rings (SSSR count). The van der Waals surface area contributed by atoms with Crippen LogP contribution in [0.5, 0.6) is 0 Å². The van der Waals surface area contributed by atoms with Crippen molar-refractivity contribution in [3.05, 3.63) is 66.0 Å². The highest BCUT2D eigenvalue weighted by Crippen LogP contribution is 2.14. The molecule has 28 heavy (non-hydrogen) atoms. The van der Waals surface area contributed by atoms with Crippen molar-refractivity contribution >= 4 is 29.3 Å². The number of anilines is 2. The molecular formula is C21H22FN3O3. The third kappa shape index (κ3) is 6.29. The van der Waals surface area contributed by atoms with Gasteiger partial charge in [-0.25, -0.2) is 4.39 Å². The molecule has 7 heteroatoms. The van der Waals surface area contributed by atoms with Gasteiger partial charge in [-0.2, -0.15) is 0 Å². The summed E-state index contributed by atoms with van der Waals surface area (Å²) in [6, 6.07) is 12.8. The van der Waals surface area contributed by atoms with Gasteiger partial charge in [0, 0.05) is 30.5 Å². The molecule has 0 bridgehead atoms. The molecule has 146 valence electrons. The van der Waals surface area contributed by atoms with Crippen molar-refractivity contribution in [3.63, 3.8) is 0 Å². The number of hydrogen-bond acceptors (Lipinski definition) is 4. The van der Waals surface area contributed by atoms with Gasteiger partial charge in [-0.3, -0.25) is 14.5 Å². The van der Waals surface area contributed by atoms with Crippen molar-refractivity contribution in [2.45, 2.75) is 0 Å². The number of amides is 2. The minimum Gasteiger partial charge on any atom is -0.379 e. The Morgan fingerprint density at radius 2 is 1.71 bits per heavy atom. The van der Waals surface area contributed by atoms with Gasteiger partial charge >= 0.3 is 0 Å². The lowest BCUT2D eigenvalue weighted by molar-refractivity contribution is -0.118. The Balaban J connectivity index is 1.48. The van der Waals surface area contributed by atoms with Crippen LogP contribution in [-0.2, 0) is 14.3 Å². The molecule has 6 nitrogen and oxygen atoms in total. The molecule has 1 fully saturated rings. The van der Waals surface area contributed by atoms with Gasteiger partial charge in [0.25, 0.3) is 0 Å². The summed E-state index contributed by atoms with van der Waals surface area (Å²) >= 11 is 0. The summed E-state index contributed by atoms with van der Waals surface area (Å²) in [6.45, 7) is 3.13. The summed E-state index contributed by atoms with van der Waals surface area (Å²) in [7, 11) is 0. The van der Waals surface area contributed by atoms with Crippen molar-refractivity contribution in [2.24, 2.45) is 0 Å². The molecule has 0 saturated carbocycles. The number of rotatable bonds is 6. The molecule has 1 saturated heterocycles. The van der Waals surface area contributed by atoms with Crippen LogP contribution in [0.4, 0.5) is 15.8 Å². The number of morpholine rings is 1. The molecule has 1 aliphatic rings. The molecule has 0 spiro atoms. The van der Waals surface area contributed by atoms with Crippen LogP contribution in [-0.4, -0.2) is 49.6 Å². The molecule has 1 aliphatic heterocycles. The van der Waals surface area contributed by atoms with Crippen LogP contribution < -0.4 is 10.6 Å². The molecule has 0 aromatic heterocycles. The van der Waals surface area contributed by atoms with Crippen LogP contribution in [0.1, 0.15) is 5.56 Å². The molecule has 0 unspecified atom stereocenters. The Morgan fingerprint density at radius 3 is 2.39 bits per heavy atom. The summed E-state index contributed by atoms with van der Waals surface area (Å²) in [5, 5.41) is 5.56. The number of nitrogens with one attached hydrogen (secondary N) is 2. The van der Waals surface area contributed by atoms with E-state index in [-0.39, 0.29) is 17.6 Å². The maximum Gasteiger partial charge on any atom is 0.248 e. The smallest absolute Gasteiger partial charge is 0.248 e. The standard InChI is InChI=1S/C21H22FN3O3/c22-17-3-1-2-16(14-17)4-9-20(26)23-18-5-7-19(8-6-18)24-21(27)15-25-10-12-28-13-11-25/h1-9,14H,10-13,15H2,(H,23,26)(H,24,27)/b9-4+. The van der Waals surface area contributed by atoms with E-state index in [1.54, 1.807) is 42.5 Å². The van der Waals surface area contributed by atoms with Gasteiger partial charge in [0.1, 0.15) is 5.82 Å². The maximum atomic E-state index is 13.1. The fourth-order valence-corrected chi connectivity index (χ4v) is 2.77. The maximum absolute atomic E-state index is 13.1. The van der Waals surface area contributed by atoms with Gasteiger partial charge in [-0.05, 0) is 48.0 Å². The van der Waals surface area contributed by atoms with Crippen molar-refractivity contribution in [1.82, 2.24) is 4.90 Å². The Labute approximate surface area is 163 Å². The molecule has 1 heterocycles. The molecule has 2 aromatic carbocycles. The molecular weight excluding hydrogens is 361 g/mol. The Hall–Kier alpha value is -3.03. The first-order valence-corrected chi connectivity index (χ1v) is 9.03. The molecule has 0 radical (unpaired) electrons. The number of ether oxygens (including phenoxy) is 1. The summed E-state index contributed by atoms with van der Waals surface area (Å²) in [5.41, 5.74) is 1.86. The van der Waals surface area contributed by atoms with Gasteiger partial charge in [-0.15, -0.1) is 0 Å². The van der Waals surface area contributed by atoms with Crippen LogP contribution >= 0.6 is 0 Å². The summed E-state index contributed by atoms with van der Waals surface area (Å²) in [4.78, 5) is 26.1. The average molecular weight is 383 g/mol. The molecule has 2 N–H and O–H groups in total. The topological polar surface area (TPSA) is 70.7 Å². The zero-order valence-electron chi connectivity index (χ0n) is 15.4. The zero-order valence-corrected chi connectivity index (χ0v) is 15.4. The first-order chi connectivity index (χ1) is 13.6. The second kappa shape index (κ2) is 9.77. The molecule has 2 aromatic rings. The monoisotopic (exact) mass is 383 g/mol. The first-order valence-electron chi connectivity index (χ1n) is 9.03. The van der Waals surface area contributed by atoms with Gasteiger partial charge in [-0.1, -0.05) is 12.1 Å². The largest absolute Gasteiger partial charge is 0.379 e. The summed E-state index contributed by atoms with van der Waals surface area (Å²) < 4.78 is 18.4. The van der Waals surface area contributed by atoms with E-state index in [9.17, 15) is 14.0 Å². The number of halogens is 1. The van der Waals surface area contributed by atoms with Gasteiger partial charge < -0.3 is 15.4 Å². The highest BCUT2D eigenvalue weighted by Gasteiger charge is 2.14. The minimum absolute atomic E-state index is 0.0864. The van der Waals surface area contributed by atoms with Crippen molar-refractivity contribution in [2.75, 3.05) is 43.5 Å². The Morgan fingerprint density at radius 1 is 1.04 bits per heavy atom. The first kappa shape index (κ1) is 19.7. The fraction of sp³-hybridized carbons (Fsp3) is 0.238. The van der Waals surface area contributed by atoms with Gasteiger partial charge in [0.2, 0.25) is 11.8 Å². The van der Waals surface area contributed by atoms with E-state index < -0.39 is 0 Å². The predicted octanol–water partition coefficient (Wildman–Crippen LogP) is 2.75. The lowest BCUT2D eigenvalue weighted by Gasteiger charge is -2.25. The van der Waals surface area contributed by atoms with E-state index in [1.807, 2.05) is 4.90 Å². The number of carbonyl (C=O) groups excluding carboxylic acids is 2. The predicted molar refractivity (Wildman–Crippen MR) is 106 cm³/mol. The Bertz CT molecular complexity index is 846. The number of nitrogens with zero attached hydrogens (tertiary/aromatic N) is 1. The second-order valence-electron chi connectivity index (χ2n) is 6.39. The highest BCUT2D eigenvalue weighted by molar-refractivity contribution is 6.02. The van der Waals surface area contributed by atoms with Crippen LogP contribution in [0.25, 0.3) is 6.08 Å². The second-order valence-corrected chi connectivity index (χ2v) is 6.39. The summed E-state index contributed by atoms with van der Waals surface area (Å²) in [6.07, 6.45) is 2.88. The number of hydrogen-bond donors (Lipinski definition) is 2. The Kier molecular flexibility index (Phi) is 6.89. The van der Waals surface area contributed by atoms with Gasteiger partial charge in [0.15, 0.2) is 0 Å². The number of benzene rings is 2. The van der Waals surface area contributed by atoms with E-state index in [4.69, 9.17) is 4.74 Å². The fourth-order valence-electron chi connectivity index (χ4n) is 2.77. The highest BCUT2D eigenvalue weighted by atomic mass is 19.1. The van der Waals surface area contributed by atoms with Crippen LogP contribution in [0, 0.1) is 5.82 Å². The zero-order chi connectivity index (χ0) is 19.8. The van der Waals surface area contributed by atoms with E-state index in [0.29, 0.717) is 36.7 Å². The van der Waals surface area contributed by atoms with Crippen molar-refractivity contribution in [3.8, 4) is 0 Å². The van der Waals surface area contributed by atoms with Crippen LogP contribution in [0.15, 0.2) is 54.6 Å². The van der Waals surface area contributed by atoms with E-state index >= 15 is 0 Å². The van der Waals surface area contributed by atoms with Crippen LogP contribution in [0.2, 0.25) is 0 Å². The van der Waals surface area contributed by atoms with E-state index in [1.165, 1.54) is 18.2 Å². The quantitative estimate of drug-likeness (QED) is 0.753. The normalized spacial score (nSPS) is 14.8.